The Morgan fingerprint density at radius 1 is 0.303 bits per heavy atom. The summed E-state index contributed by atoms with van der Waals surface area (Å²) in [6, 6.07) is 66.6. The van der Waals surface area contributed by atoms with Crippen LogP contribution in [0.5, 0.6) is 0 Å². The van der Waals surface area contributed by atoms with Gasteiger partial charge in [-0.25, -0.2) is 30.0 Å². The van der Waals surface area contributed by atoms with E-state index in [9.17, 15) is 0 Å². The Bertz CT molecular complexity index is 5120. The quantitative estimate of drug-likeness (QED) is 0.144. The number of nitrogens with one attached hydrogen (secondary N) is 1. The summed E-state index contributed by atoms with van der Waals surface area (Å²) in [5.74, 6) is 8.43. The van der Waals surface area contributed by atoms with Crippen LogP contribution in [-0.2, 0) is 5.91 Å². The van der Waals surface area contributed by atoms with Crippen molar-refractivity contribution in [3.63, 3.8) is 0 Å². The molecule has 428 valence electrons. The summed E-state index contributed by atoms with van der Waals surface area (Å²) >= 11 is 0. The Kier molecular flexibility index (Phi) is 12.2. The lowest BCUT2D eigenvalue weighted by molar-refractivity contribution is -0.790. The molecule has 8 bridgehead atoms. The highest BCUT2D eigenvalue weighted by atomic mass is 15.7. The van der Waals surface area contributed by atoms with Crippen LogP contribution in [0.2, 0.25) is 0 Å². The molecule has 0 radical (unpaired) electrons. The van der Waals surface area contributed by atoms with Gasteiger partial charge in [-0.3, -0.25) is 0 Å². The number of amidine groups is 8. The SMILES string of the molecule is CC.CC.CC.CC.c1ccc2c(c1)C1=NC3=NC(=Nc4[nH]c(c5ccccc45)N=C4N=C(N=C2C1)c1ccccc14)c1ccccc13.c1ccc2c(c1)C1=Nc3c4ccccc4c4n3C35n6c(c7ccccc7c6=NC6=[N+]3C(=N4)c3ccccc36)=NC2=[N+]15. The predicted octanol–water partition coefficient (Wildman–Crippen LogP) is 14.4. The van der Waals surface area contributed by atoms with Crippen molar-refractivity contribution >= 4 is 114 Å². The molecule has 0 fully saturated rings. The number of benzene rings is 8. The summed E-state index contributed by atoms with van der Waals surface area (Å²) in [7, 11) is 0. The standard InChI is InChI=1S/C33H16N8.C33H19N7.4C2H6/c1-2-10-18-17(9-1)25-34-27-19-11-3-4-12-20(19)29-36-31-23-15-7-8-16-24(23)32-37-30-22-14-6-5-13-21(22)28-35-26(18)38(25)33(39(27)29,40(28)30)41(31)32;1-2-10-19-18(9-1)26-17-27(19)35-29-21-12-4-6-14-23(21)31(37-29)39-33-25-16-8-7-15-24(25)32(40-33)38-30-22-13-5-3-11-20(22)28(34-26)36-30;4*1-2/h1-16H;1-16H,17H2,(H,34,35,36,37,38,39,40);4*1-2H3/q+2;;;;;. The maximum Gasteiger partial charge on any atom is 0.404 e. The number of aromatic nitrogens is 3. The van der Waals surface area contributed by atoms with Crippen molar-refractivity contribution in [1.29, 1.82) is 0 Å². The minimum absolute atomic E-state index is 0.586. The molecule has 1 aliphatic carbocycles. The minimum atomic E-state index is -0.923. The lowest BCUT2D eigenvalue weighted by Crippen LogP contribution is -2.71. The second-order valence-corrected chi connectivity index (χ2v) is 21.2. The van der Waals surface area contributed by atoms with Gasteiger partial charge in [0.1, 0.15) is 11.6 Å². The van der Waals surface area contributed by atoms with Crippen LogP contribution in [0.1, 0.15) is 117 Å². The molecule has 1 spiro atoms. The zero-order chi connectivity index (χ0) is 60.4. The molecule has 15 nitrogen and oxygen atoms in total. The van der Waals surface area contributed by atoms with Crippen molar-refractivity contribution in [2.24, 2.45) is 49.9 Å². The molecular weight excluding hydrogens is 1100 g/mol. The van der Waals surface area contributed by atoms with E-state index >= 15 is 0 Å². The highest BCUT2D eigenvalue weighted by Crippen LogP contribution is 2.52. The van der Waals surface area contributed by atoms with Gasteiger partial charge in [-0.1, -0.05) is 221 Å². The summed E-state index contributed by atoms with van der Waals surface area (Å²) in [6.45, 7) is 16.0. The van der Waals surface area contributed by atoms with Gasteiger partial charge in [-0.15, -0.1) is 9.15 Å². The number of rotatable bonds is 0. The molecule has 9 aliphatic heterocycles. The lowest BCUT2D eigenvalue weighted by atomic mass is 10.1. The second kappa shape index (κ2) is 20.4. The van der Waals surface area contributed by atoms with Gasteiger partial charge in [0.05, 0.1) is 33.7 Å². The fourth-order valence-corrected chi connectivity index (χ4v) is 13.7. The van der Waals surface area contributed by atoms with E-state index in [-0.39, 0.29) is 0 Å². The fraction of sp³-hybridized carbons (Fsp3) is 0.135. The first kappa shape index (κ1) is 53.2. The highest BCUT2D eigenvalue weighted by molar-refractivity contribution is 6.35. The number of H-pyrrole nitrogens is 1. The van der Waals surface area contributed by atoms with Crippen LogP contribution < -0.4 is 11.0 Å². The number of aromatic amines is 1. The van der Waals surface area contributed by atoms with E-state index < -0.39 is 5.91 Å². The molecule has 1 N–H and O–H groups in total. The van der Waals surface area contributed by atoms with Gasteiger partial charge in [0.2, 0.25) is 22.6 Å². The maximum absolute atomic E-state index is 5.42. The largest absolute Gasteiger partial charge is 0.404 e. The molecule has 8 aromatic carbocycles. The molecule has 0 saturated heterocycles. The molecule has 15 heteroatoms. The van der Waals surface area contributed by atoms with Gasteiger partial charge in [-0.05, 0) is 48.5 Å². The predicted molar refractivity (Wildman–Crippen MR) is 360 cm³/mol. The normalized spacial score (nSPS) is 16.1. The third-order valence-corrected chi connectivity index (χ3v) is 17.1. The van der Waals surface area contributed by atoms with E-state index in [0.29, 0.717) is 41.4 Å². The third kappa shape index (κ3) is 7.14. The molecule has 89 heavy (non-hydrogen) atoms. The van der Waals surface area contributed by atoms with Crippen LogP contribution in [0, 0.1) is 0 Å². The second-order valence-electron chi connectivity index (χ2n) is 21.2. The van der Waals surface area contributed by atoms with Crippen molar-refractivity contribution in [2.75, 3.05) is 0 Å². The highest BCUT2D eigenvalue weighted by Gasteiger charge is 2.69. The van der Waals surface area contributed by atoms with E-state index in [2.05, 4.69) is 145 Å². The first-order chi connectivity index (χ1) is 44.2. The molecule has 0 atom stereocenters. The van der Waals surface area contributed by atoms with E-state index in [0.717, 1.165) is 145 Å². The van der Waals surface area contributed by atoms with E-state index in [1.807, 2.05) is 128 Å². The smallest absolute Gasteiger partial charge is 0.324 e. The summed E-state index contributed by atoms with van der Waals surface area (Å²) in [4.78, 5) is 55.3. The van der Waals surface area contributed by atoms with Crippen molar-refractivity contribution in [3.8, 4) is 0 Å². The van der Waals surface area contributed by atoms with Crippen LogP contribution in [0.15, 0.2) is 244 Å². The summed E-state index contributed by atoms with van der Waals surface area (Å²) in [5.41, 5.74) is 14.0. The summed E-state index contributed by atoms with van der Waals surface area (Å²) in [5, 5.41) is 6.27. The monoisotopic (exact) mass is 1160 g/mol. The zero-order valence-corrected chi connectivity index (χ0v) is 50.4. The average molecular weight is 1160 g/mol. The van der Waals surface area contributed by atoms with Gasteiger partial charge >= 0.3 is 5.91 Å². The molecule has 12 heterocycles. The van der Waals surface area contributed by atoms with Gasteiger partial charge in [0.15, 0.2) is 23.3 Å². The van der Waals surface area contributed by atoms with Crippen molar-refractivity contribution in [2.45, 2.75) is 67.7 Å². The Labute approximate surface area is 512 Å². The van der Waals surface area contributed by atoms with E-state index in [1.165, 1.54) is 0 Å². The molecular formula is C74H59N15+2. The van der Waals surface area contributed by atoms with E-state index in [4.69, 9.17) is 49.9 Å². The van der Waals surface area contributed by atoms with Gasteiger partial charge in [-0.2, -0.15) is 9.13 Å². The fourth-order valence-electron chi connectivity index (χ4n) is 13.7. The number of nitrogens with zero attached hydrogens (tertiary/aromatic N) is 14. The van der Waals surface area contributed by atoms with Crippen LogP contribution >= 0.6 is 0 Å². The zero-order valence-electron chi connectivity index (χ0n) is 50.4. The first-order valence-electron chi connectivity index (χ1n) is 31.0. The lowest BCUT2D eigenvalue weighted by Gasteiger charge is -2.40. The summed E-state index contributed by atoms with van der Waals surface area (Å²) < 4.78 is 9.32. The molecule has 0 amide bonds. The molecule has 3 aromatic heterocycles. The summed E-state index contributed by atoms with van der Waals surface area (Å²) in [6.07, 6.45) is 0.586. The Morgan fingerprint density at radius 3 is 1.01 bits per heavy atom. The van der Waals surface area contributed by atoms with Crippen LogP contribution in [0.25, 0.3) is 32.3 Å². The Hall–Kier alpha value is -11.3. The number of fused-ring (bicyclic) bond motifs is 30. The van der Waals surface area contributed by atoms with Crippen molar-refractivity contribution in [1.82, 2.24) is 14.1 Å². The maximum atomic E-state index is 5.42. The number of aliphatic imine (C=N–C) groups is 8. The molecule has 11 aromatic rings. The van der Waals surface area contributed by atoms with Gasteiger partial charge in [0.25, 0.3) is 23.3 Å². The Balaban J connectivity index is 0.000000129. The molecule has 0 unspecified atom stereocenters. The molecule has 0 saturated carbocycles. The first-order valence-corrected chi connectivity index (χ1v) is 31.0. The number of hydrogen-bond acceptors (Lipinski definition) is 10. The number of hydrogen-bond donors (Lipinski definition) is 1. The van der Waals surface area contributed by atoms with Gasteiger partial charge < -0.3 is 4.98 Å². The third-order valence-electron chi connectivity index (χ3n) is 17.1. The van der Waals surface area contributed by atoms with Crippen LogP contribution in [0.4, 0.5) is 23.3 Å². The van der Waals surface area contributed by atoms with Crippen molar-refractivity contribution in [3.05, 3.63) is 261 Å². The topological polar surface area (TPSA) is 155 Å². The molecule has 21 rings (SSSR count). The van der Waals surface area contributed by atoms with Gasteiger partial charge in [0, 0.05) is 72.1 Å². The molecule has 10 aliphatic rings. The van der Waals surface area contributed by atoms with Crippen molar-refractivity contribution < 1.29 is 9.15 Å². The van der Waals surface area contributed by atoms with E-state index in [1.54, 1.807) is 0 Å². The van der Waals surface area contributed by atoms with Crippen LogP contribution in [0.3, 0.4) is 0 Å². The Morgan fingerprint density at radius 2 is 0.618 bits per heavy atom. The minimum Gasteiger partial charge on any atom is -0.324 e. The van der Waals surface area contributed by atoms with Crippen LogP contribution in [-0.4, -0.2) is 81.4 Å². The average Bonchev–Trinajstić information content (AvgIpc) is 1.50.